The largest absolute Gasteiger partial charge is 0.488 e. The summed E-state index contributed by atoms with van der Waals surface area (Å²) in [5, 5.41) is 0. The SMILES string of the molecule is COC(=O)c1c(C)cc(OCC(F)F)cc1F. The number of carbonyl (C=O) groups is 1. The lowest BCUT2D eigenvalue weighted by Crippen LogP contribution is -2.10. The van der Waals surface area contributed by atoms with Gasteiger partial charge in [-0.2, -0.15) is 0 Å². The second-order valence-electron chi connectivity index (χ2n) is 3.29. The Morgan fingerprint density at radius 1 is 1.41 bits per heavy atom. The van der Waals surface area contributed by atoms with E-state index in [1.165, 1.54) is 13.0 Å². The van der Waals surface area contributed by atoms with Crippen LogP contribution in [-0.4, -0.2) is 26.1 Å². The molecule has 0 aromatic heterocycles. The van der Waals surface area contributed by atoms with E-state index in [1.807, 2.05) is 0 Å². The molecule has 0 saturated carbocycles. The van der Waals surface area contributed by atoms with Crippen molar-refractivity contribution in [1.82, 2.24) is 0 Å². The number of halogens is 3. The summed E-state index contributed by atoms with van der Waals surface area (Å²) in [7, 11) is 1.13. The van der Waals surface area contributed by atoms with Crippen LogP contribution in [0.3, 0.4) is 0 Å². The van der Waals surface area contributed by atoms with Crippen molar-refractivity contribution in [2.45, 2.75) is 13.3 Å². The highest BCUT2D eigenvalue weighted by atomic mass is 19.3. The Morgan fingerprint density at radius 3 is 2.53 bits per heavy atom. The summed E-state index contributed by atoms with van der Waals surface area (Å²) < 4.78 is 46.3. The molecule has 3 nitrogen and oxygen atoms in total. The molecule has 0 atom stereocenters. The summed E-state index contributed by atoms with van der Waals surface area (Å²) in [5.74, 6) is -1.73. The van der Waals surface area contributed by atoms with Gasteiger partial charge in [0.25, 0.3) is 6.43 Å². The third-order valence-corrected chi connectivity index (χ3v) is 2.03. The zero-order chi connectivity index (χ0) is 13.0. The van der Waals surface area contributed by atoms with Gasteiger partial charge in [-0.3, -0.25) is 0 Å². The minimum absolute atomic E-state index is 0.0482. The molecule has 0 radical (unpaired) electrons. The van der Waals surface area contributed by atoms with E-state index in [9.17, 15) is 18.0 Å². The summed E-state index contributed by atoms with van der Waals surface area (Å²) in [6, 6.07) is 2.18. The molecule has 0 amide bonds. The first-order chi connectivity index (χ1) is 7.95. The van der Waals surface area contributed by atoms with E-state index >= 15 is 0 Å². The zero-order valence-corrected chi connectivity index (χ0v) is 9.30. The summed E-state index contributed by atoms with van der Waals surface area (Å²) in [6.45, 7) is 0.640. The monoisotopic (exact) mass is 248 g/mol. The van der Waals surface area contributed by atoms with Gasteiger partial charge in [-0.15, -0.1) is 0 Å². The lowest BCUT2D eigenvalue weighted by atomic mass is 10.1. The molecule has 1 rings (SSSR count). The molecular weight excluding hydrogens is 237 g/mol. The maximum atomic E-state index is 13.5. The van der Waals surface area contributed by atoms with Crippen LogP contribution in [0, 0.1) is 12.7 Å². The van der Waals surface area contributed by atoms with E-state index in [-0.39, 0.29) is 16.9 Å². The van der Waals surface area contributed by atoms with E-state index in [2.05, 4.69) is 9.47 Å². The number of ether oxygens (including phenoxy) is 2. The van der Waals surface area contributed by atoms with E-state index < -0.39 is 24.8 Å². The number of hydrogen-bond acceptors (Lipinski definition) is 3. The van der Waals surface area contributed by atoms with Crippen molar-refractivity contribution in [3.8, 4) is 5.75 Å². The standard InChI is InChI=1S/C11H11F3O3/c1-6-3-7(17-5-9(13)14)4-8(12)10(6)11(15)16-2/h3-4,9H,5H2,1-2H3. The van der Waals surface area contributed by atoms with Crippen LogP contribution in [0.4, 0.5) is 13.2 Å². The summed E-state index contributed by atoms with van der Waals surface area (Å²) in [4.78, 5) is 11.2. The molecule has 0 saturated heterocycles. The lowest BCUT2D eigenvalue weighted by molar-refractivity contribution is 0.0593. The van der Waals surface area contributed by atoms with E-state index in [1.54, 1.807) is 0 Å². The molecule has 0 bridgehead atoms. The van der Waals surface area contributed by atoms with Crippen molar-refractivity contribution < 1.29 is 27.4 Å². The van der Waals surface area contributed by atoms with Gasteiger partial charge in [-0.1, -0.05) is 0 Å². The summed E-state index contributed by atoms with van der Waals surface area (Å²) in [5.41, 5.74) is 0.0398. The molecule has 6 heteroatoms. The van der Waals surface area contributed by atoms with Gasteiger partial charge >= 0.3 is 5.97 Å². The van der Waals surface area contributed by atoms with E-state index in [4.69, 9.17) is 0 Å². The Bertz CT molecular complexity index is 395. The Morgan fingerprint density at radius 2 is 2.06 bits per heavy atom. The maximum Gasteiger partial charge on any atom is 0.341 e. The fraction of sp³-hybridized carbons (Fsp3) is 0.364. The predicted octanol–water partition coefficient (Wildman–Crippen LogP) is 2.56. The quantitative estimate of drug-likeness (QED) is 0.768. The van der Waals surface area contributed by atoms with Crippen molar-refractivity contribution >= 4 is 5.97 Å². The van der Waals surface area contributed by atoms with Crippen LogP contribution >= 0.6 is 0 Å². The maximum absolute atomic E-state index is 13.5. The van der Waals surface area contributed by atoms with Gasteiger partial charge in [0.15, 0.2) is 0 Å². The number of rotatable bonds is 4. The molecule has 0 N–H and O–H groups in total. The van der Waals surface area contributed by atoms with Crippen LogP contribution in [0.1, 0.15) is 15.9 Å². The number of aryl methyl sites for hydroxylation is 1. The molecule has 0 heterocycles. The van der Waals surface area contributed by atoms with Crippen LogP contribution in [0.2, 0.25) is 0 Å². The highest BCUT2D eigenvalue weighted by molar-refractivity contribution is 5.91. The fourth-order valence-corrected chi connectivity index (χ4v) is 1.32. The van der Waals surface area contributed by atoms with Gasteiger partial charge < -0.3 is 9.47 Å². The van der Waals surface area contributed by atoms with Gasteiger partial charge in [-0.25, -0.2) is 18.0 Å². The molecule has 17 heavy (non-hydrogen) atoms. The number of hydrogen-bond donors (Lipinski definition) is 0. The molecule has 0 spiro atoms. The van der Waals surface area contributed by atoms with Crippen LogP contribution in [-0.2, 0) is 4.74 Å². The molecule has 0 fully saturated rings. The highest BCUT2D eigenvalue weighted by Gasteiger charge is 2.17. The normalized spacial score (nSPS) is 10.5. The fourth-order valence-electron chi connectivity index (χ4n) is 1.32. The molecule has 0 unspecified atom stereocenters. The van der Waals surface area contributed by atoms with E-state index in [0.29, 0.717) is 0 Å². The van der Waals surface area contributed by atoms with Gasteiger partial charge in [0.05, 0.1) is 12.7 Å². The molecular formula is C11H11F3O3. The lowest BCUT2D eigenvalue weighted by Gasteiger charge is -2.10. The second kappa shape index (κ2) is 5.56. The third kappa shape index (κ3) is 3.37. The molecule has 0 aliphatic heterocycles. The Hall–Kier alpha value is -1.72. The van der Waals surface area contributed by atoms with Crippen molar-refractivity contribution in [1.29, 1.82) is 0 Å². The Kier molecular flexibility index (Phi) is 4.37. The van der Waals surface area contributed by atoms with Crippen LogP contribution in [0.5, 0.6) is 5.75 Å². The van der Waals surface area contributed by atoms with Gasteiger partial charge in [0, 0.05) is 6.07 Å². The summed E-state index contributed by atoms with van der Waals surface area (Å²) >= 11 is 0. The average molecular weight is 248 g/mol. The molecule has 94 valence electrons. The number of benzene rings is 1. The van der Waals surface area contributed by atoms with Crippen molar-refractivity contribution in [2.75, 3.05) is 13.7 Å². The number of carbonyl (C=O) groups excluding carboxylic acids is 1. The van der Waals surface area contributed by atoms with Crippen molar-refractivity contribution in [3.05, 3.63) is 29.1 Å². The topological polar surface area (TPSA) is 35.5 Å². The second-order valence-corrected chi connectivity index (χ2v) is 3.29. The first-order valence-corrected chi connectivity index (χ1v) is 4.75. The van der Waals surface area contributed by atoms with Crippen molar-refractivity contribution in [3.63, 3.8) is 0 Å². The Labute approximate surface area is 96.1 Å². The van der Waals surface area contributed by atoms with Crippen LogP contribution < -0.4 is 4.74 Å². The van der Waals surface area contributed by atoms with Crippen LogP contribution in [0.25, 0.3) is 0 Å². The molecule has 1 aromatic rings. The smallest absolute Gasteiger partial charge is 0.341 e. The minimum atomic E-state index is -2.64. The molecule has 0 aliphatic rings. The van der Waals surface area contributed by atoms with Gasteiger partial charge in [0.2, 0.25) is 0 Å². The first kappa shape index (κ1) is 13.3. The third-order valence-electron chi connectivity index (χ3n) is 2.03. The minimum Gasteiger partial charge on any atom is -0.488 e. The molecule has 1 aromatic carbocycles. The van der Waals surface area contributed by atoms with Gasteiger partial charge in [-0.05, 0) is 18.6 Å². The first-order valence-electron chi connectivity index (χ1n) is 4.75. The number of methoxy groups -OCH3 is 1. The highest BCUT2D eigenvalue weighted by Crippen LogP contribution is 2.22. The zero-order valence-electron chi connectivity index (χ0n) is 9.30. The number of alkyl halides is 2. The molecule has 0 aliphatic carbocycles. The Balaban J connectivity index is 2.97. The predicted molar refractivity (Wildman–Crippen MR) is 54.0 cm³/mol. The van der Waals surface area contributed by atoms with Crippen molar-refractivity contribution in [2.24, 2.45) is 0 Å². The number of esters is 1. The van der Waals surface area contributed by atoms with E-state index in [0.717, 1.165) is 13.2 Å². The van der Waals surface area contributed by atoms with Gasteiger partial charge in [0.1, 0.15) is 18.2 Å². The average Bonchev–Trinajstić information content (AvgIpc) is 2.25. The van der Waals surface area contributed by atoms with Crippen LogP contribution in [0.15, 0.2) is 12.1 Å². The summed E-state index contributed by atoms with van der Waals surface area (Å²) in [6.07, 6.45) is -2.64.